The molecule has 1 rings (SSSR count). The zero-order chi connectivity index (χ0) is 10.1. The van der Waals surface area contributed by atoms with Gasteiger partial charge in [-0.2, -0.15) is 0 Å². The average molecular weight is 243 g/mol. The number of hydrogen-bond donors (Lipinski definition) is 0. The maximum absolute atomic E-state index is 5.60. The molecule has 1 heterocycles. The Hall–Kier alpha value is 0.0800. The van der Waals surface area contributed by atoms with Crippen LogP contribution in [0, 0.1) is 0 Å². The van der Waals surface area contributed by atoms with E-state index >= 15 is 0 Å². The van der Waals surface area contributed by atoms with Crippen LogP contribution in [0.4, 0.5) is 0 Å². The molecule has 0 aliphatic carbocycles. The number of aliphatic imine (C=N–C) groups is 1. The Bertz CT molecular complexity index is 251. The SMILES string of the molecule is CC(C)=CC1COC(C(Cl)(Cl)Cl)=N1. The van der Waals surface area contributed by atoms with Crippen molar-refractivity contribution in [2.75, 3.05) is 6.61 Å². The molecule has 0 aromatic carbocycles. The molecule has 0 fully saturated rings. The molecule has 0 spiro atoms. The second-order valence-electron chi connectivity index (χ2n) is 3.05. The normalized spacial score (nSPS) is 22.2. The van der Waals surface area contributed by atoms with E-state index in [4.69, 9.17) is 39.5 Å². The Morgan fingerprint density at radius 3 is 2.54 bits per heavy atom. The van der Waals surface area contributed by atoms with Crippen LogP contribution in [0.5, 0.6) is 0 Å². The highest BCUT2D eigenvalue weighted by Gasteiger charge is 2.34. The minimum atomic E-state index is -1.54. The molecule has 0 amide bonds. The summed E-state index contributed by atoms with van der Waals surface area (Å²) in [4.78, 5) is 4.12. The van der Waals surface area contributed by atoms with Gasteiger partial charge in [0.25, 0.3) is 3.79 Å². The van der Waals surface area contributed by atoms with Gasteiger partial charge in [-0.05, 0) is 13.8 Å². The first kappa shape index (κ1) is 11.2. The Morgan fingerprint density at radius 1 is 1.54 bits per heavy atom. The molecule has 2 nitrogen and oxygen atoms in total. The molecular weight excluding hydrogens is 232 g/mol. The fraction of sp³-hybridized carbons (Fsp3) is 0.625. The first-order valence-electron chi connectivity index (χ1n) is 3.82. The molecule has 0 radical (unpaired) electrons. The molecule has 0 N–H and O–H groups in total. The second-order valence-corrected chi connectivity index (χ2v) is 5.34. The average Bonchev–Trinajstić information content (AvgIpc) is 2.32. The fourth-order valence-corrected chi connectivity index (χ4v) is 1.32. The molecule has 0 bridgehead atoms. The number of alkyl halides is 3. The Labute approximate surface area is 92.5 Å². The predicted octanol–water partition coefficient (Wildman–Crippen LogP) is 3.12. The quantitative estimate of drug-likeness (QED) is 0.511. The van der Waals surface area contributed by atoms with E-state index in [0.29, 0.717) is 6.61 Å². The first-order valence-corrected chi connectivity index (χ1v) is 4.96. The van der Waals surface area contributed by atoms with Crippen molar-refractivity contribution in [3.63, 3.8) is 0 Å². The van der Waals surface area contributed by atoms with Gasteiger partial charge in [0.1, 0.15) is 12.6 Å². The third-order valence-corrected chi connectivity index (χ3v) is 1.93. The maximum Gasteiger partial charge on any atom is 0.266 e. The van der Waals surface area contributed by atoms with Gasteiger partial charge in [-0.15, -0.1) is 0 Å². The zero-order valence-electron chi connectivity index (χ0n) is 7.35. The predicted molar refractivity (Wildman–Crippen MR) is 56.9 cm³/mol. The van der Waals surface area contributed by atoms with Crippen LogP contribution >= 0.6 is 34.8 Å². The number of halogens is 3. The maximum atomic E-state index is 5.60. The van der Waals surface area contributed by atoms with Gasteiger partial charge in [-0.3, -0.25) is 0 Å². The van der Waals surface area contributed by atoms with E-state index in [-0.39, 0.29) is 11.9 Å². The zero-order valence-corrected chi connectivity index (χ0v) is 9.62. The van der Waals surface area contributed by atoms with E-state index in [1.54, 1.807) is 0 Å². The summed E-state index contributed by atoms with van der Waals surface area (Å²) in [5.74, 6) is 0.181. The van der Waals surface area contributed by atoms with E-state index in [0.717, 1.165) is 0 Å². The number of hydrogen-bond acceptors (Lipinski definition) is 2. The first-order chi connectivity index (χ1) is 5.89. The van der Waals surface area contributed by atoms with Crippen LogP contribution in [0.1, 0.15) is 13.8 Å². The third-order valence-electron chi connectivity index (χ3n) is 1.44. The molecule has 1 aliphatic heterocycles. The van der Waals surface area contributed by atoms with Crippen LogP contribution in [-0.2, 0) is 4.74 Å². The van der Waals surface area contributed by atoms with Gasteiger partial charge >= 0.3 is 0 Å². The van der Waals surface area contributed by atoms with E-state index in [2.05, 4.69) is 4.99 Å². The summed E-state index contributed by atoms with van der Waals surface area (Å²) >= 11 is 16.8. The monoisotopic (exact) mass is 241 g/mol. The van der Waals surface area contributed by atoms with Gasteiger partial charge in [0.2, 0.25) is 5.90 Å². The van der Waals surface area contributed by atoms with Crippen LogP contribution in [0.2, 0.25) is 0 Å². The fourth-order valence-electron chi connectivity index (χ4n) is 1.01. The summed E-state index contributed by atoms with van der Waals surface area (Å²) in [6.07, 6.45) is 1.98. The van der Waals surface area contributed by atoms with Crippen molar-refractivity contribution in [2.45, 2.75) is 23.7 Å². The molecule has 0 saturated carbocycles. The van der Waals surface area contributed by atoms with Gasteiger partial charge < -0.3 is 4.74 Å². The summed E-state index contributed by atoms with van der Waals surface area (Å²) in [7, 11) is 0. The highest BCUT2D eigenvalue weighted by molar-refractivity contribution is 6.76. The molecule has 13 heavy (non-hydrogen) atoms. The van der Waals surface area contributed by atoms with Crippen LogP contribution in [0.25, 0.3) is 0 Å². The van der Waals surface area contributed by atoms with Crippen LogP contribution in [0.15, 0.2) is 16.6 Å². The third kappa shape index (κ3) is 3.37. The van der Waals surface area contributed by atoms with Gasteiger partial charge in [0.15, 0.2) is 0 Å². The lowest BCUT2D eigenvalue weighted by Gasteiger charge is -2.08. The summed E-state index contributed by atoms with van der Waals surface area (Å²) < 4.78 is 3.60. The molecule has 74 valence electrons. The number of nitrogens with zero attached hydrogens (tertiary/aromatic N) is 1. The van der Waals surface area contributed by atoms with Crippen LogP contribution < -0.4 is 0 Å². The highest BCUT2D eigenvalue weighted by atomic mass is 35.6. The minimum absolute atomic E-state index is 0.0179. The lowest BCUT2D eigenvalue weighted by molar-refractivity contribution is 0.326. The van der Waals surface area contributed by atoms with Gasteiger partial charge in [0.05, 0.1) is 0 Å². The molecule has 0 aromatic rings. The molecule has 1 atom stereocenters. The smallest absolute Gasteiger partial charge is 0.266 e. The summed E-state index contributed by atoms with van der Waals surface area (Å²) in [5.41, 5.74) is 1.17. The van der Waals surface area contributed by atoms with Crippen LogP contribution in [-0.4, -0.2) is 22.3 Å². The van der Waals surface area contributed by atoms with Gasteiger partial charge in [-0.25, -0.2) is 4.99 Å². The Kier molecular flexibility index (Phi) is 3.50. The van der Waals surface area contributed by atoms with Crippen molar-refractivity contribution >= 4 is 40.7 Å². The van der Waals surface area contributed by atoms with Gasteiger partial charge in [0, 0.05) is 0 Å². The van der Waals surface area contributed by atoms with E-state index in [9.17, 15) is 0 Å². The molecule has 0 saturated heterocycles. The molecular formula is C8H10Cl3NO. The Morgan fingerprint density at radius 2 is 2.15 bits per heavy atom. The van der Waals surface area contributed by atoms with E-state index < -0.39 is 3.79 Å². The van der Waals surface area contributed by atoms with E-state index in [1.807, 2.05) is 19.9 Å². The standard InChI is InChI=1S/C8H10Cl3NO/c1-5(2)3-6-4-13-7(12-6)8(9,10)11/h3,6H,4H2,1-2H3. The number of ether oxygens (including phenoxy) is 1. The summed E-state index contributed by atoms with van der Waals surface area (Å²) in [5, 5.41) is 0. The summed E-state index contributed by atoms with van der Waals surface area (Å²) in [6, 6.07) is -0.0179. The highest BCUT2D eigenvalue weighted by Crippen LogP contribution is 2.31. The molecule has 5 heteroatoms. The largest absolute Gasteiger partial charge is 0.475 e. The second kappa shape index (κ2) is 4.07. The summed E-state index contributed by atoms with van der Waals surface area (Å²) in [6.45, 7) is 4.43. The lowest BCUT2D eigenvalue weighted by atomic mass is 10.2. The molecule has 1 aliphatic rings. The van der Waals surface area contributed by atoms with Crippen molar-refractivity contribution in [1.29, 1.82) is 0 Å². The van der Waals surface area contributed by atoms with E-state index in [1.165, 1.54) is 5.57 Å². The number of rotatable bonds is 1. The Balaban J connectivity index is 2.70. The van der Waals surface area contributed by atoms with Gasteiger partial charge in [-0.1, -0.05) is 46.5 Å². The number of allylic oxidation sites excluding steroid dienone is 1. The van der Waals surface area contributed by atoms with Crippen molar-refractivity contribution < 1.29 is 4.74 Å². The topological polar surface area (TPSA) is 21.6 Å². The van der Waals surface area contributed by atoms with Crippen molar-refractivity contribution in [3.8, 4) is 0 Å². The molecule has 0 aromatic heterocycles. The minimum Gasteiger partial charge on any atom is -0.475 e. The lowest BCUT2D eigenvalue weighted by Crippen LogP contribution is -2.18. The van der Waals surface area contributed by atoms with Crippen molar-refractivity contribution in [3.05, 3.63) is 11.6 Å². The van der Waals surface area contributed by atoms with Crippen LogP contribution in [0.3, 0.4) is 0 Å². The van der Waals surface area contributed by atoms with Crippen molar-refractivity contribution in [1.82, 2.24) is 0 Å². The van der Waals surface area contributed by atoms with Crippen molar-refractivity contribution in [2.24, 2.45) is 4.99 Å². The molecule has 1 unspecified atom stereocenters.